The van der Waals surface area contributed by atoms with E-state index in [1.165, 1.54) is 12.8 Å². The molecule has 0 aromatic carbocycles. The van der Waals surface area contributed by atoms with Crippen molar-refractivity contribution < 1.29 is 43.1 Å². The molecule has 9 nitrogen and oxygen atoms in total. The Kier molecular flexibility index (Phi) is 73.3. The molecule has 0 aliphatic carbocycles. The maximum Gasteiger partial charge on any atom is 3.00 e. The minimum Gasteiger partial charge on any atom is -0.598 e. The van der Waals surface area contributed by atoms with Crippen molar-refractivity contribution in [3.63, 3.8) is 0 Å². The first-order valence-electron chi connectivity index (χ1n) is 3.56. The summed E-state index contributed by atoms with van der Waals surface area (Å²) in [5, 5.41) is 0. The summed E-state index contributed by atoms with van der Waals surface area (Å²) in [4.78, 5) is 50.9. The zero-order valence-electron chi connectivity index (χ0n) is 9.58. The Bertz CT molecular complexity index is 150. The van der Waals surface area contributed by atoms with Gasteiger partial charge in [-0.1, -0.05) is 40.4 Å². The number of hydrogen-bond acceptors (Lipinski definition) is 9. The van der Waals surface area contributed by atoms with Crippen LogP contribution in [0.3, 0.4) is 0 Å². The fourth-order valence-corrected chi connectivity index (χ4v) is 0. The molecule has 0 aliphatic rings. The SMILES string of the molecule is CCCC.O=[P+]([O-])[O-].O=[P+]([O-])[O-].O=[P+]([O-])[O-].[Al+3].[Al+3]. The Balaban J connectivity index is -0.0000000257. The van der Waals surface area contributed by atoms with Crippen molar-refractivity contribution in [1.29, 1.82) is 0 Å². The Labute approximate surface area is 129 Å². The molecule has 0 bridgehead atoms. The maximum absolute atomic E-state index is 8.48. The average Bonchev–Trinajstić information content (AvgIpc) is 2.00. The largest absolute Gasteiger partial charge is 3.00 e. The van der Waals surface area contributed by atoms with Gasteiger partial charge in [0.05, 0.1) is 0 Å². The van der Waals surface area contributed by atoms with Gasteiger partial charge in [-0.05, 0) is 0 Å². The summed E-state index contributed by atoms with van der Waals surface area (Å²) < 4.78 is 25.4. The molecule has 0 saturated heterocycles. The molecule has 0 radical (unpaired) electrons. The predicted octanol–water partition coefficient (Wildman–Crippen LogP) is -3.86. The van der Waals surface area contributed by atoms with E-state index in [4.69, 9.17) is 43.1 Å². The minimum atomic E-state index is -3.37. The number of unbranched alkanes of at least 4 members (excludes halogenated alkanes) is 1. The molecule has 0 fully saturated rings. The van der Waals surface area contributed by atoms with Crippen LogP contribution < -0.4 is 29.4 Å². The van der Waals surface area contributed by atoms with Crippen LogP contribution in [0.1, 0.15) is 26.7 Å². The van der Waals surface area contributed by atoms with Crippen LogP contribution in [-0.4, -0.2) is 34.7 Å². The molecule has 0 saturated carbocycles. The summed E-state index contributed by atoms with van der Waals surface area (Å²) in [7, 11) is -10.1. The first-order valence-corrected chi connectivity index (χ1v) is 6.84. The van der Waals surface area contributed by atoms with Crippen molar-refractivity contribution in [2.24, 2.45) is 0 Å². The molecule has 0 amide bonds. The van der Waals surface area contributed by atoms with Crippen LogP contribution in [0.5, 0.6) is 0 Å². The van der Waals surface area contributed by atoms with Crippen LogP contribution in [0, 0.1) is 0 Å². The van der Waals surface area contributed by atoms with Crippen molar-refractivity contribution in [3.05, 3.63) is 0 Å². The summed E-state index contributed by atoms with van der Waals surface area (Å²) >= 11 is 0. The summed E-state index contributed by atoms with van der Waals surface area (Å²) in [6, 6.07) is 0. The van der Waals surface area contributed by atoms with E-state index in [9.17, 15) is 0 Å². The van der Waals surface area contributed by atoms with Crippen LogP contribution in [0.4, 0.5) is 0 Å². The van der Waals surface area contributed by atoms with Gasteiger partial charge >= 0.3 is 34.7 Å². The third-order valence-corrected chi connectivity index (χ3v) is 0.500. The smallest absolute Gasteiger partial charge is 0.598 e. The van der Waals surface area contributed by atoms with Gasteiger partial charge in [0.15, 0.2) is 0 Å². The van der Waals surface area contributed by atoms with E-state index in [0.29, 0.717) is 0 Å². The molecular weight excluding hydrogens is 339 g/mol. The third kappa shape index (κ3) is 986. The second-order valence-electron chi connectivity index (χ2n) is 1.67. The molecule has 0 rings (SSSR count). The van der Waals surface area contributed by atoms with Crippen LogP contribution >= 0.6 is 24.8 Å². The summed E-state index contributed by atoms with van der Waals surface area (Å²) in [6.07, 6.45) is 2.64. The minimum absolute atomic E-state index is 0. The topological polar surface area (TPSA) is 190 Å². The second-order valence-corrected chi connectivity index (χ2v) is 3.01. The van der Waals surface area contributed by atoms with Gasteiger partial charge in [-0.25, -0.2) is 0 Å². The summed E-state index contributed by atoms with van der Waals surface area (Å²) in [6.45, 7) is 4.36. The molecule has 0 spiro atoms. The zero-order valence-corrected chi connectivity index (χ0v) is 14.6. The Morgan fingerprint density at radius 2 is 0.667 bits per heavy atom. The fraction of sp³-hybridized carbons (Fsp3) is 1.00. The Hall–Kier alpha value is 1.12. The fourth-order valence-electron chi connectivity index (χ4n) is 0. The number of hydrogen-bond donors (Lipinski definition) is 0. The van der Waals surface area contributed by atoms with Crippen molar-refractivity contribution >= 4 is 59.5 Å². The van der Waals surface area contributed by atoms with Gasteiger partial charge in [0, 0.05) is 0 Å². The Morgan fingerprint density at radius 1 is 0.611 bits per heavy atom. The van der Waals surface area contributed by atoms with E-state index in [2.05, 4.69) is 13.8 Å². The molecule has 0 aliphatic heterocycles. The number of rotatable bonds is 1. The van der Waals surface area contributed by atoms with Crippen molar-refractivity contribution in [2.45, 2.75) is 26.7 Å². The van der Waals surface area contributed by atoms with E-state index < -0.39 is 24.8 Å². The van der Waals surface area contributed by atoms with E-state index >= 15 is 0 Å². The van der Waals surface area contributed by atoms with Crippen LogP contribution in [0.15, 0.2) is 0 Å². The third-order valence-electron chi connectivity index (χ3n) is 0.500. The maximum atomic E-state index is 8.48. The van der Waals surface area contributed by atoms with Gasteiger partial charge < -0.3 is 29.4 Å². The molecule has 0 aromatic heterocycles. The molecule has 18 heavy (non-hydrogen) atoms. The van der Waals surface area contributed by atoms with Crippen molar-refractivity contribution in [2.75, 3.05) is 0 Å². The molecule has 14 heteroatoms. The second kappa shape index (κ2) is 36.2. The van der Waals surface area contributed by atoms with Gasteiger partial charge in [0.2, 0.25) is 0 Å². The molecular formula is C4H10Al2O9P3+3. The van der Waals surface area contributed by atoms with Gasteiger partial charge in [-0.2, -0.15) is 0 Å². The summed E-state index contributed by atoms with van der Waals surface area (Å²) in [5.74, 6) is 0. The first kappa shape index (κ1) is 36.5. The monoisotopic (exact) mass is 349 g/mol. The van der Waals surface area contributed by atoms with Gasteiger partial charge in [-0.3, -0.25) is 0 Å². The molecule has 0 unspecified atom stereocenters. The van der Waals surface area contributed by atoms with E-state index in [1.807, 2.05) is 0 Å². The average molecular weight is 349 g/mol. The van der Waals surface area contributed by atoms with Gasteiger partial charge in [0.25, 0.3) is 24.8 Å². The van der Waals surface area contributed by atoms with Crippen LogP contribution in [0.25, 0.3) is 0 Å². The molecule has 0 atom stereocenters. The standard InChI is InChI=1S/C4H10.2Al.3HO3P/c1-3-4-2;;;3*1-4(2)3/h3-4H2,1-2H3;;;3*(H,1,2,3)/q;2*+3;;;/p-3. The van der Waals surface area contributed by atoms with Gasteiger partial charge in [0.1, 0.15) is 0 Å². The van der Waals surface area contributed by atoms with Crippen molar-refractivity contribution in [1.82, 2.24) is 0 Å². The quantitative estimate of drug-likeness (QED) is 0.337. The molecule has 0 aromatic rings. The van der Waals surface area contributed by atoms with Crippen LogP contribution in [0.2, 0.25) is 0 Å². The molecule has 98 valence electrons. The normalized spacial score (nSPS) is 6.00. The molecule has 0 heterocycles. The van der Waals surface area contributed by atoms with Crippen molar-refractivity contribution in [3.8, 4) is 0 Å². The first-order chi connectivity index (χ1) is 7.11. The zero-order chi connectivity index (χ0) is 14.1. The summed E-state index contributed by atoms with van der Waals surface area (Å²) in [5.41, 5.74) is 0. The van der Waals surface area contributed by atoms with Gasteiger partial charge in [-0.15, -0.1) is 0 Å². The predicted molar refractivity (Wildman–Crippen MR) is 54.9 cm³/mol. The van der Waals surface area contributed by atoms with E-state index in [1.54, 1.807) is 0 Å². The Morgan fingerprint density at radius 3 is 0.667 bits per heavy atom. The van der Waals surface area contributed by atoms with E-state index in [-0.39, 0.29) is 34.7 Å². The molecule has 0 N–H and O–H groups in total. The van der Waals surface area contributed by atoms with Crippen LogP contribution in [-0.2, 0) is 13.7 Å². The van der Waals surface area contributed by atoms with E-state index in [0.717, 1.165) is 0 Å².